The Morgan fingerprint density at radius 3 is 2.73 bits per heavy atom. The average molecular weight is 488 g/mol. The number of aliphatic imine (C=N–C) groups is 1. The Morgan fingerprint density at radius 2 is 2.04 bits per heavy atom. The molecule has 0 saturated heterocycles. The third kappa shape index (κ3) is 7.90. The Labute approximate surface area is 177 Å². The lowest BCUT2D eigenvalue weighted by molar-refractivity contribution is 0.336. The Kier molecular flexibility index (Phi) is 11.3. The Morgan fingerprint density at radius 1 is 1.23 bits per heavy atom. The molecule has 0 atom stereocenters. The van der Waals surface area contributed by atoms with Crippen molar-refractivity contribution in [2.45, 2.75) is 40.2 Å². The SMILES string of the molecule is CCNC(=NCc1ccccc1OCC)NCCCc1nc(C)cs1.I. The number of hydrogen-bond acceptors (Lipinski definition) is 4. The molecule has 0 radical (unpaired) electrons. The molecule has 0 aliphatic rings. The molecule has 0 aliphatic heterocycles. The van der Waals surface area contributed by atoms with Gasteiger partial charge in [-0.05, 0) is 33.3 Å². The molecule has 1 aromatic carbocycles. The number of aromatic nitrogens is 1. The summed E-state index contributed by atoms with van der Waals surface area (Å²) in [5, 5.41) is 9.99. The molecule has 0 fully saturated rings. The fourth-order valence-corrected chi connectivity index (χ4v) is 3.22. The van der Waals surface area contributed by atoms with Crippen molar-refractivity contribution in [2.24, 2.45) is 4.99 Å². The number of halogens is 1. The van der Waals surface area contributed by atoms with Gasteiger partial charge in [-0.15, -0.1) is 35.3 Å². The highest BCUT2D eigenvalue weighted by atomic mass is 127. The molecular formula is C19H29IN4OS. The van der Waals surface area contributed by atoms with Crippen molar-refractivity contribution in [2.75, 3.05) is 19.7 Å². The van der Waals surface area contributed by atoms with E-state index < -0.39 is 0 Å². The van der Waals surface area contributed by atoms with E-state index in [-0.39, 0.29) is 24.0 Å². The Balaban J connectivity index is 0.00000338. The lowest BCUT2D eigenvalue weighted by Crippen LogP contribution is -2.37. The predicted molar refractivity (Wildman–Crippen MR) is 121 cm³/mol. The second-order valence-corrected chi connectivity index (χ2v) is 6.59. The van der Waals surface area contributed by atoms with E-state index in [4.69, 9.17) is 4.74 Å². The number of para-hydroxylation sites is 1. The molecule has 2 aromatic rings. The number of nitrogens with one attached hydrogen (secondary N) is 2. The number of aryl methyl sites for hydroxylation is 2. The van der Waals surface area contributed by atoms with Crippen molar-refractivity contribution in [3.8, 4) is 5.75 Å². The molecule has 0 saturated carbocycles. The fraction of sp³-hybridized carbons (Fsp3) is 0.474. The van der Waals surface area contributed by atoms with Gasteiger partial charge in [0.25, 0.3) is 0 Å². The average Bonchev–Trinajstić information content (AvgIpc) is 3.03. The summed E-state index contributed by atoms with van der Waals surface area (Å²) in [6.45, 7) is 9.07. The second-order valence-electron chi connectivity index (χ2n) is 5.65. The molecule has 5 nitrogen and oxygen atoms in total. The van der Waals surface area contributed by atoms with Gasteiger partial charge < -0.3 is 15.4 Å². The summed E-state index contributed by atoms with van der Waals surface area (Å²) >= 11 is 1.73. The molecule has 26 heavy (non-hydrogen) atoms. The van der Waals surface area contributed by atoms with E-state index in [9.17, 15) is 0 Å². The minimum absolute atomic E-state index is 0. The highest BCUT2D eigenvalue weighted by Gasteiger charge is 2.03. The van der Waals surface area contributed by atoms with Gasteiger partial charge in [-0.2, -0.15) is 0 Å². The summed E-state index contributed by atoms with van der Waals surface area (Å²) < 4.78 is 5.66. The molecular weight excluding hydrogens is 459 g/mol. The Hall–Kier alpha value is -1.35. The number of rotatable bonds is 9. The van der Waals surface area contributed by atoms with Crippen LogP contribution in [0.3, 0.4) is 0 Å². The summed E-state index contributed by atoms with van der Waals surface area (Å²) in [5.74, 6) is 1.74. The topological polar surface area (TPSA) is 58.5 Å². The summed E-state index contributed by atoms with van der Waals surface area (Å²) in [5.41, 5.74) is 2.20. The molecule has 1 heterocycles. The molecule has 2 N–H and O–H groups in total. The molecule has 7 heteroatoms. The van der Waals surface area contributed by atoms with Gasteiger partial charge in [-0.1, -0.05) is 18.2 Å². The summed E-state index contributed by atoms with van der Waals surface area (Å²) in [4.78, 5) is 9.17. The van der Waals surface area contributed by atoms with Crippen molar-refractivity contribution < 1.29 is 4.74 Å². The van der Waals surface area contributed by atoms with E-state index in [1.54, 1.807) is 11.3 Å². The van der Waals surface area contributed by atoms with Crippen LogP contribution in [0.2, 0.25) is 0 Å². The zero-order valence-corrected chi connectivity index (χ0v) is 18.9. The first-order valence-corrected chi connectivity index (χ1v) is 9.74. The molecule has 0 amide bonds. The summed E-state index contributed by atoms with van der Waals surface area (Å²) in [7, 11) is 0. The van der Waals surface area contributed by atoms with Crippen LogP contribution >= 0.6 is 35.3 Å². The number of guanidine groups is 1. The monoisotopic (exact) mass is 488 g/mol. The minimum Gasteiger partial charge on any atom is -0.494 e. The van der Waals surface area contributed by atoms with E-state index in [2.05, 4.69) is 39.0 Å². The van der Waals surface area contributed by atoms with Crippen LogP contribution in [0, 0.1) is 6.92 Å². The molecule has 144 valence electrons. The second kappa shape index (κ2) is 12.9. The standard InChI is InChI=1S/C19H28N4OS.HI/c1-4-20-19(21-12-8-11-18-23-15(3)14-25-18)22-13-16-9-6-7-10-17(16)24-5-2;/h6-7,9-10,14H,4-5,8,11-13H2,1-3H3,(H2,20,21,22);1H. The van der Waals surface area contributed by atoms with Gasteiger partial charge in [0, 0.05) is 36.1 Å². The van der Waals surface area contributed by atoms with Gasteiger partial charge in [0.2, 0.25) is 0 Å². The fourth-order valence-electron chi connectivity index (χ4n) is 2.40. The van der Waals surface area contributed by atoms with Crippen LogP contribution in [-0.4, -0.2) is 30.6 Å². The summed E-state index contributed by atoms with van der Waals surface area (Å²) in [6.07, 6.45) is 2.03. The first-order chi connectivity index (χ1) is 12.2. The van der Waals surface area contributed by atoms with Gasteiger partial charge >= 0.3 is 0 Å². The minimum atomic E-state index is 0. The largest absolute Gasteiger partial charge is 0.494 e. The van der Waals surface area contributed by atoms with Crippen molar-refractivity contribution in [1.29, 1.82) is 0 Å². The maximum Gasteiger partial charge on any atom is 0.191 e. The zero-order valence-electron chi connectivity index (χ0n) is 15.7. The highest BCUT2D eigenvalue weighted by molar-refractivity contribution is 14.0. The van der Waals surface area contributed by atoms with Crippen molar-refractivity contribution in [1.82, 2.24) is 15.6 Å². The van der Waals surface area contributed by atoms with Crippen LogP contribution < -0.4 is 15.4 Å². The van der Waals surface area contributed by atoms with Crippen LogP contribution in [0.25, 0.3) is 0 Å². The molecule has 0 aliphatic carbocycles. The highest BCUT2D eigenvalue weighted by Crippen LogP contribution is 2.18. The van der Waals surface area contributed by atoms with Crippen molar-refractivity contribution >= 4 is 41.3 Å². The smallest absolute Gasteiger partial charge is 0.191 e. The number of benzene rings is 1. The number of hydrogen-bond donors (Lipinski definition) is 2. The first-order valence-electron chi connectivity index (χ1n) is 8.86. The van der Waals surface area contributed by atoms with Gasteiger partial charge in [0.15, 0.2) is 5.96 Å². The lowest BCUT2D eigenvalue weighted by Gasteiger charge is -2.12. The third-order valence-electron chi connectivity index (χ3n) is 3.55. The van der Waals surface area contributed by atoms with Crippen LogP contribution in [0.1, 0.15) is 36.5 Å². The van der Waals surface area contributed by atoms with E-state index in [1.165, 1.54) is 5.01 Å². The Bertz CT molecular complexity index is 675. The summed E-state index contributed by atoms with van der Waals surface area (Å²) in [6, 6.07) is 8.05. The quantitative estimate of drug-likeness (QED) is 0.241. The van der Waals surface area contributed by atoms with Gasteiger partial charge in [0.05, 0.1) is 18.2 Å². The lowest BCUT2D eigenvalue weighted by atomic mass is 10.2. The van der Waals surface area contributed by atoms with E-state index in [0.29, 0.717) is 13.2 Å². The normalized spacial score (nSPS) is 11.0. The first kappa shape index (κ1) is 22.7. The molecule has 2 rings (SSSR count). The van der Waals surface area contributed by atoms with E-state index in [0.717, 1.165) is 48.9 Å². The third-order valence-corrected chi connectivity index (χ3v) is 4.58. The van der Waals surface area contributed by atoms with E-state index >= 15 is 0 Å². The van der Waals surface area contributed by atoms with Crippen LogP contribution in [0.15, 0.2) is 34.6 Å². The maximum atomic E-state index is 5.66. The van der Waals surface area contributed by atoms with Crippen molar-refractivity contribution in [3.63, 3.8) is 0 Å². The zero-order chi connectivity index (χ0) is 17.9. The molecule has 0 bridgehead atoms. The van der Waals surface area contributed by atoms with Crippen molar-refractivity contribution in [3.05, 3.63) is 45.9 Å². The number of thiazole rings is 1. The van der Waals surface area contributed by atoms with Crippen LogP contribution in [0.5, 0.6) is 5.75 Å². The molecule has 0 spiro atoms. The van der Waals surface area contributed by atoms with E-state index in [1.807, 2.05) is 32.0 Å². The molecule has 1 aromatic heterocycles. The van der Waals surface area contributed by atoms with Gasteiger partial charge in [0.1, 0.15) is 5.75 Å². The molecule has 0 unspecified atom stereocenters. The number of ether oxygens (including phenoxy) is 1. The van der Waals surface area contributed by atoms with Crippen LogP contribution in [0.4, 0.5) is 0 Å². The van der Waals surface area contributed by atoms with Crippen LogP contribution in [-0.2, 0) is 13.0 Å². The van der Waals surface area contributed by atoms with Gasteiger partial charge in [-0.25, -0.2) is 9.98 Å². The predicted octanol–water partition coefficient (Wildman–Crippen LogP) is 4.16. The number of nitrogens with zero attached hydrogens (tertiary/aromatic N) is 2. The van der Waals surface area contributed by atoms with Gasteiger partial charge in [-0.3, -0.25) is 0 Å². The maximum absolute atomic E-state index is 5.66.